The standard InChI is InChI=1S/C13H18ClN3O/c1-8-11(14)15-12(9-4-5-9)16-13(8)17-6-2-3-10(17)7-18/h9-10,18H,2-7H2,1H3. The number of aliphatic hydroxyl groups is 1. The average molecular weight is 268 g/mol. The minimum Gasteiger partial charge on any atom is -0.394 e. The number of nitrogens with zero attached hydrogens (tertiary/aromatic N) is 3. The van der Waals surface area contributed by atoms with Crippen LogP contribution in [-0.4, -0.2) is 34.3 Å². The van der Waals surface area contributed by atoms with Gasteiger partial charge in [-0.05, 0) is 32.6 Å². The van der Waals surface area contributed by atoms with E-state index in [0.29, 0.717) is 11.1 Å². The summed E-state index contributed by atoms with van der Waals surface area (Å²) in [6, 6.07) is 0.182. The third-order valence-corrected chi connectivity index (χ3v) is 4.25. The third-order valence-electron chi connectivity index (χ3n) is 3.88. The Morgan fingerprint density at radius 1 is 1.33 bits per heavy atom. The Hall–Kier alpha value is -0.870. The number of hydrogen-bond donors (Lipinski definition) is 1. The fraction of sp³-hybridized carbons (Fsp3) is 0.692. The molecule has 1 aliphatic carbocycles. The SMILES string of the molecule is Cc1c(Cl)nc(C2CC2)nc1N1CCCC1CO. The van der Waals surface area contributed by atoms with Crippen LogP contribution in [0.15, 0.2) is 0 Å². The summed E-state index contributed by atoms with van der Waals surface area (Å²) in [5, 5.41) is 9.99. The summed E-state index contributed by atoms with van der Waals surface area (Å²) < 4.78 is 0. The van der Waals surface area contributed by atoms with Gasteiger partial charge in [-0.1, -0.05) is 11.6 Å². The van der Waals surface area contributed by atoms with Gasteiger partial charge >= 0.3 is 0 Å². The molecular formula is C13H18ClN3O. The van der Waals surface area contributed by atoms with Crippen molar-refractivity contribution in [2.45, 2.75) is 44.6 Å². The first-order chi connectivity index (χ1) is 8.70. The molecular weight excluding hydrogens is 250 g/mol. The highest BCUT2D eigenvalue weighted by molar-refractivity contribution is 6.30. The van der Waals surface area contributed by atoms with E-state index < -0.39 is 0 Å². The number of aromatic nitrogens is 2. The van der Waals surface area contributed by atoms with Crippen LogP contribution in [0.25, 0.3) is 0 Å². The van der Waals surface area contributed by atoms with Crippen molar-refractivity contribution in [3.8, 4) is 0 Å². The number of rotatable bonds is 3. The quantitative estimate of drug-likeness (QED) is 0.854. The van der Waals surface area contributed by atoms with Crippen LogP contribution in [0, 0.1) is 6.92 Å². The summed E-state index contributed by atoms with van der Waals surface area (Å²) in [6.07, 6.45) is 4.46. The molecule has 1 unspecified atom stereocenters. The van der Waals surface area contributed by atoms with Crippen LogP contribution in [0.2, 0.25) is 5.15 Å². The molecule has 1 aliphatic heterocycles. The highest BCUT2D eigenvalue weighted by Crippen LogP contribution is 2.40. The Balaban J connectivity index is 1.98. The maximum atomic E-state index is 9.43. The molecule has 1 saturated heterocycles. The molecule has 5 heteroatoms. The van der Waals surface area contributed by atoms with Gasteiger partial charge in [0.15, 0.2) is 0 Å². The Bertz CT molecular complexity index is 462. The van der Waals surface area contributed by atoms with Crippen LogP contribution in [0.5, 0.6) is 0 Å². The van der Waals surface area contributed by atoms with Crippen LogP contribution in [0.1, 0.15) is 43.0 Å². The average Bonchev–Trinajstić information content (AvgIpc) is 3.11. The van der Waals surface area contributed by atoms with Gasteiger partial charge < -0.3 is 10.0 Å². The van der Waals surface area contributed by atoms with E-state index in [1.54, 1.807) is 0 Å². The lowest BCUT2D eigenvalue weighted by Crippen LogP contribution is -2.33. The zero-order valence-electron chi connectivity index (χ0n) is 10.6. The molecule has 2 heterocycles. The largest absolute Gasteiger partial charge is 0.394 e. The van der Waals surface area contributed by atoms with Gasteiger partial charge in [0.25, 0.3) is 0 Å². The van der Waals surface area contributed by atoms with E-state index in [0.717, 1.165) is 36.6 Å². The molecule has 1 atom stereocenters. The Morgan fingerprint density at radius 2 is 2.11 bits per heavy atom. The van der Waals surface area contributed by atoms with Gasteiger partial charge in [0.05, 0.1) is 12.6 Å². The van der Waals surface area contributed by atoms with Crippen molar-refractivity contribution in [3.05, 3.63) is 16.5 Å². The van der Waals surface area contributed by atoms with Crippen molar-refractivity contribution in [2.24, 2.45) is 0 Å². The van der Waals surface area contributed by atoms with Crippen molar-refractivity contribution in [1.82, 2.24) is 9.97 Å². The third kappa shape index (κ3) is 2.08. The second-order valence-corrected chi connectivity index (χ2v) is 5.63. The molecule has 0 bridgehead atoms. The van der Waals surface area contributed by atoms with E-state index in [1.165, 1.54) is 12.8 Å². The molecule has 1 aromatic rings. The molecule has 1 N–H and O–H groups in total. The second kappa shape index (κ2) is 4.67. The molecule has 98 valence electrons. The van der Waals surface area contributed by atoms with Gasteiger partial charge in [-0.25, -0.2) is 9.97 Å². The van der Waals surface area contributed by atoms with Crippen LogP contribution in [-0.2, 0) is 0 Å². The van der Waals surface area contributed by atoms with E-state index >= 15 is 0 Å². The minimum atomic E-state index is 0.180. The van der Waals surface area contributed by atoms with Crippen LogP contribution in [0.3, 0.4) is 0 Å². The molecule has 4 nitrogen and oxygen atoms in total. The summed E-state index contributed by atoms with van der Waals surface area (Å²) in [7, 11) is 0. The first-order valence-electron chi connectivity index (χ1n) is 6.62. The molecule has 1 aromatic heterocycles. The molecule has 3 rings (SSSR count). The van der Waals surface area contributed by atoms with Crippen LogP contribution >= 0.6 is 11.6 Å². The van der Waals surface area contributed by atoms with Gasteiger partial charge in [0.2, 0.25) is 0 Å². The second-order valence-electron chi connectivity index (χ2n) is 5.27. The Morgan fingerprint density at radius 3 is 2.78 bits per heavy atom. The first-order valence-corrected chi connectivity index (χ1v) is 7.00. The zero-order valence-corrected chi connectivity index (χ0v) is 11.3. The highest BCUT2D eigenvalue weighted by Gasteiger charge is 2.31. The van der Waals surface area contributed by atoms with Crippen molar-refractivity contribution >= 4 is 17.4 Å². The monoisotopic (exact) mass is 267 g/mol. The van der Waals surface area contributed by atoms with E-state index in [-0.39, 0.29) is 12.6 Å². The van der Waals surface area contributed by atoms with Gasteiger partial charge in [-0.15, -0.1) is 0 Å². The number of aliphatic hydroxyl groups excluding tert-OH is 1. The fourth-order valence-corrected chi connectivity index (χ4v) is 2.77. The van der Waals surface area contributed by atoms with E-state index in [2.05, 4.69) is 9.88 Å². The first kappa shape index (κ1) is 12.2. The number of anilines is 1. The normalized spacial score (nSPS) is 23.7. The van der Waals surface area contributed by atoms with Crippen molar-refractivity contribution in [2.75, 3.05) is 18.1 Å². The topological polar surface area (TPSA) is 49.2 Å². The molecule has 0 aromatic carbocycles. The summed E-state index contributed by atoms with van der Waals surface area (Å²) in [4.78, 5) is 11.3. The Labute approximate surface area is 112 Å². The predicted octanol–water partition coefficient (Wildman–Crippen LogP) is 2.28. The molecule has 18 heavy (non-hydrogen) atoms. The summed E-state index contributed by atoms with van der Waals surface area (Å²) in [6.45, 7) is 3.09. The maximum absolute atomic E-state index is 9.43. The summed E-state index contributed by atoms with van der Waals surface area (Å²) in [5.74, 6) is 2.30. The van der Waals surface area contributed by atoms with Gasteiger partial charge in [0, 0.05) is 18.0 Å². The van der Waals surface area contributed by atoms with Crippen LogP contribution in [0.4, 0.5) is 5.82 Å². The van der Waals surface area contributed by atoms with Crippen molar-refractivity contribution < 1.29 is 5.11 Å². The van der Waals surface area contributed by atoms with E-state index in [9.17, 15) is 5.11 Å². The number of halogens is 1. The lowest BCUT2D eigenvalue weighted by Gasteiger charge is -2.26. The molecule has 2 fully saturated rings. The minimum absolute atomic E-state index is 0.180. The molecule has 0 spiro atoms. The van der Waals surface area contributed by atoms with Gasteiger partial charge in [-0.2, -0.15) is 0 Å². The fourth-order valence-electron chi connectivity index (χ4n) is 2.60. The van der Waals surface area contributed by atoms with Crippen molar-refractivity contribution in [3.63, 3.8) is 0 Å². The zero-order chi connectivity index (χ0) is 12.7. The van der Waals surface area contributed by atoms with Gasteiger partial charge in [-0.3, -0.25) is 0 Å². The highest BCUT2D eigenvalue weighted by atomic mass is 35.5. The smallest absolute Gasteiger partial charge is 0.137 e. The van der Waals surface area contributed by atoms with Gasteiger partial charge in [0.1, 0.15) is 16.8 Å². The van der Waals surface area contributed by atoms with Crippen LogP contribution < -0.4 is 4.90 Å². The summed E-state index contributed by atoms with van der Waals surface area (Å²) >= 11 is 6.22. The maximum Gasteiger partial charge on any atom is 0.137 e. The lowest BCUT2D eigenvalue weighted by atomic mass is 10.2. The molecule has 1 saturated carbocycles. The number of hydrogen-bond acceptors (Lipinski definition) is 4. The molecule has 0 radical (unpaired) electrons. The lowest BCUT2D eigenvalue weighted by molar-refractivity contribution is 0.266. The summed E-state index contributed by atoms with van der Waals surface area (Å²) in [5.41, 5.74) is 0.932. The van der Waals surface area contributed by atoms with E-state index in [4.69, 9.17) is 16.6 Å². The molecule has 2 aliphatic rings. The predicted molar refractivity (Wildman–Crippen MR) is 71.2 cm³/mol. The van der Waals surface area contributed by atoms with E-state index in [1.807, 2.05) is 6.92 Å². The Kier molecular flexibility index (Phi) is 3.16. The van der Waals surface area contributed by atoms with Crippen molar-refractivity contribution in [1.29, 1.82) is 0 Å². The molecule has 0 amide bonds.